The van der Waals surface area contributed by atoms with Gasteiger partial charge in [0.15, 0.2) is 0 Å². The van der Waals surface area contributed by atoms with E-state index in [9.17, 15) is 13.5 Å². The molecule has 2 aliphatic heterocycles. The Morgan fingerprint density at radius 3 is 2.61 bits per heavy atom. The number of nitrogens with zero attached hydrogens (tertiary/aromatic N) is 2. The van der Waals surface area contributed by atoms with Crippen LogP contribution in [0.15, 0.2) is 0 Å². The van der Waals surface area contributed by atoms with Crippen LogP contribution in [-0.2, 0) is 14.9 Å². The Bertz CT molecular complexity index is 365. The fourth-order valence-corrected chi connectivity index (χ4v) is 4.50. The first-order valence-corrected chi connectivity index (χ1v) is 7.94. The van der Waals surface area contributed by atoms with E-state index in [0.717, 1.165) is 12.8 Å². The van der Waals surface area contributed by atoms with Gasteiger partial charge in [-0.2, -0.15) is 17.0 Å². The highest BCUT2D eigenvalue weighted by Crippen LogP contribution is 2.26. The third-order valence-corrected chi connectivity index (χ3v) is 5.62. The Morgan fingerprint density at radius 2 is 2.00 bits per heavy atom. The predicted molar refractivity (Wildman–Crippen MR) is 67.3 cm³/mol. The van der Waals surface area contributed by atoms with Crippen molar-refractivity contribution in [3.63, 3.8) is 0 Å². The van der Waals surface area contributed by atoms with E-state index in [4.69, 9.17) is 4.74 Å². The summed E-state index contributed by atoms with van der Waals surface area (Å²) in [7, 11) is -3.38. The minimum absolute atomic E-state index is 0.0576. The molecule has 0 aromatic carbocycles. The number of aliphatic hydroxyl groups excluding tert-OH is 1. The van der Waals surface area contributed by atoms with Crippen LogP contribution in [-0.4, -0.2) is 67.1 Å². The van der Waals surface area contributed by atoms with Gasteiger partial charge in [-0.15, -0.1) is 0 Å². The number of hydrogen-bond acceptors (Lipinski definition) is 4. The van der Waals surface area contributed by atoms with E-state index in [2.05, 4.69) is 0 Å². The fraction of sp³-hybridized carbons (Fsp3) is 1.00. The molecule has 106 valence electrons. The minimum Gasteiger partial charge on any atom is -0.393 e. The maximum absolute atomic E-state index is 12.5. The monoisotopic (exact) mass is 278 g/mol. The molecule has 2 fully saturated rings. The average molecular weight is 278 g/mol. The van der Waals surface area contributed by atoms with Crippen molar-refractivity contribution in [2.45, 2.75) is 38.3 Å². The van der Waals surface area contributed by atoms with Crippen LogP contribution < -0.4 is 0 Å². The van der Waals surface area contributed by atoms with E-state index in [1.807, 2.05) is 0 Å². The van der Waals surface area contributed by atoms with Gasteiger partial charge in [0.2, 0.25) is 0 Å². The number of aliphatic hydroxyl groups is 1. The first-order valence-electron chi connectivity index (χ1n) is 6.54. The van der Waals surface area contributed by atoms with Gasteiger partial charge >= 0.3 is 0 Å². The molecule has 0 spiro atoms. The van der Waals surface area contributed by atoms with Crippen molar-refractivity contribution in [3.8, 4) is 0 Å². The quantitative estimate of drug-likeness (QED) is 0.773. The van der Waals surface area contributed by atoms with Crippen molar-refractivity contribution in [2.75, 3.05) is 32.8 Å². The van der Waals surface area contributed by atoms with E-state index in [0.29, 0.717) is 39.3 Å². The van der Waals surface area contributed by atoms with Crippen molar-refractivity contribution in [1.29, 1.82) is 0 Å². The van der Waals surface area contributed by atoms with Crippen LogP contribution in [0.25, 0.3) is 0 Å². The Morgan fingerprint density at radius 1 is 1.33 bits per heavy atom. The molecule has 0 radical (unpaired) electrons. The van der Waals surface area contributed by atoms with Crippen LogP contribution in [0.1, 0.15) is 26.2 Å². The normalized spacial score (nSPS) is 29.6. The SMILES string of the molecule is CC(O)CC1CCCN1S(=O)(=O)N1CCOCC1. The van der Waals surface area contributed by atoms with Gasteiger partial charge in [-0.1, -0.05) is 0 Å². The van der Waals surface area contributed by atoms with E-state index in [1.165, 1.54) is 4.31 Å². The van der Waals surface area contributed by atoms with Gasteiger partial charge in [0.1, 0.15) is 0 Å². The van der Waals surface area contributed by atoms with Gasteiger partial charge in [-0.25, -0.2) is 0 Å². The lowest BCUT2D eigenvalue weighted by Crippen LogP contribution is -2.50. The second-order valence-corrected chi connectivity index (χ2v) is 6.89. The molecule has 2 rings (SSSR count). The predicted octanol–water partition coefficient (Wildman–Crippen LogP) is -0.201. The third kappa shape index (κ3) is 3.03. The lowest BCUT2D eigenvalue weighted by atomic mass is 10.1. The summed E-state index contributed by atoms with van der Waals surface area (Å²) in [5, 5.41) is 9.45. The molecule has 2 saturated heterocycles. The summed E-state index contributed by atoms with van der Waals surface area (Å²) in [5.41, 5.74) is 0. The number of hydrogen-bond donors (Lipinski definition) is 1. The van der Waals surface area contributed by atoms with E-state index in [1.54, 1.807) is 11.2 Å². The van der Waals surface area contributed by atoms with Crippen molar-refractivity contribution < 1.29 is 18.3 Å². The van der Waals surface area contributed by atoms with Crippen molar-refractivity contribution >= 4 is 10.2 Å². The molecule has 0 amide bonds. The number of rotatable bonds is 4. The Hall–Kier alpha value is -0.210. The number of morpholine rings is 1. The molecule has 2 atom stereocenters. The van der Waals surface area contributed by atoms with Crippen LogP contribution in [0.2, 0.25) is 0 Å². The lowest BCUT2D eigenvalue weighted by Gasteiger charge is -2.33. The summed E-state index contributed by atoms with van der Waals surface area (Å²) in [6.07, 6.45) is 1.77. The fourth-order valence-electron chi connectivity index (χ4n) is 2.67. The standard InChI is InChI=1S/C11H22N2O4S/c1-10(14)9-11-3-2-4-13(11)18(15,16)12-5-7-17-8-6-12/h10-11,14H,2-9H2,1H3. The molecule has 0 saturated carbocycles. The smallest absolute Gasteiger partial charge is 0.282 e. The third-order valence-electron chi connectivity index (χ3n) is 3.53. The van der Waals surface area contributed by atoms with Gasteiger partial charge in [-0.05, 0) is 26.2 Å². The lowest BCUT2D eigenvalue weighted by molar-refractivity contribution is 0.0691. The van der Waals surface area contributed by atoms with Gasteiger partial charge < -0.3 is 9.84 Å². The second-order valence-electron chi connectivity index (χ2n) is 5.01. The molecule has 0 aromatic heterocycles. The van der Waals surface area contributed by atoms with Gasteiger partial charge in [0, 0.05) is 25.7 Å². The molecule has 0 aromatic rings. The maximum atomic E-state index is 12.5. The summed E-state index contributed by atoms with van der Waals surface area (Å²) in [5.74, 6) is 0. The first-order chi connectivity index (χ1) is 8.51. The highest BCUT2D eigenvalue weighted by molar-refractivity contribution is 7.86. The minimum atomic E-state index is -3.38. The van der Waals surface area contributed by atoms with Crippen LogP contribution in [0.3, 0.4) is 0 Å². The molecular weight excluding hydrogens is 256 g/mol. The molecule has 6 nitrogen and oxygen atoms in total. The van der Waals surface area contributed by atoms with Crippen LogP contribution in [0.4, 0.5) is 0 Å². The molecule has 2 aliphatic rings. The van der Waals surface area contributed by atoms with Crippen molar-refractivity contribution in [2.24, 2.45) is 0 Å². The summed E-state index contributed by atoms with van der Waals surface area (Å²) in [4.78, 5) is 0. The topological polar surface area (TPSA) is 70.1 Å². The molecule has 1 N–H and O–H groups in total. The van der Waals surface area contributed by atoms with Gasteiger partial charge in [0.05, 0.1) is 19.3 Å². The summed E-state index contributed by atoms with van der Waals surface area (Å²) in [6.45, 7) is 4.07. The molecule has 2 unspecified atom stereocenters. The molecule has 2 heterocycles. The molecule has 7 heteroatoms. The van der Waals surface area contributed by atoms with Crippen LogP contribution in [0.5, 0.6) is 0 Å². The summed E-state index contributed by atoms with van der Waals surface area (Å²) >= 11 is 0. The average Bonchev–Trinajstić information content (AvgIpc) is 2.78. The zero-order valence-corrected chi connectivity index (χ0v) is 11.6. The van der Waals surface area contributed by atoms with Gasteiger partial charge in [-0.3, -0.25) is 0 Å². The summed E-state index contributed by atoms with van der Waals surface area (Å²) in [6, 6.07) is -0.0576. The van der Waals surface area contributed by atoms with Crippen LogP contribution in [0, 0.1) is 0 Å². The highest BCUT2D eigenvalue weighted by atomic mass is 32.2. The molecular formula is C11H22N2O4S. The zero-order chi connectivity index (χ0) is 13.2. The Labute approximate surface area is 109 Å². The molecule has 18 heavy (non-hydrogen) atoms. The Kier molecular flexibility index (Phi) is 4.60. The van der Waals surface area contributed by atoms with Crippen LogP contribution >= 0.6 is 0 Å². The first kappa shape index (κ1) is 14.2. The largest absolute Gasteiger partial charge is 0.393 e. The summed E-state index contributed by atoms with van der Waals surface area (Å²) < 4.78 is 33.2. The highest BCUT2D eigenvalue weighted by Gasteiger charge is 2.38. The van der Waals surface area contributed by atoms with Gasteiger partial charge in [0.25, 0.3) is 10.2 Å². The van der Waals surface area contributed by atoms with Crippen molar-refractivity contribution in [3.05, 3.63) is 0 Å². The maximum Gasteiger partial charge on any atom is 0.282 e. The Balaban J connectivity index is 2.07. The zero-order valence-electron chi connectivity index (χ0n) is 10.8. The molecule has 0 aliphatic carbocycles. The van der Waals surface area contributed by atoms with E-state index in [-0.39, 0.29) is 6.04 Å². The molecule has 0 bridgehead atoms. The van der Waals surface area contributed by atoms with Crippen molar-refractivity contribution in [1.82, 2.24) is 8.61 Å². The van der Waals surface area contributed by atoms with E-state index >= 15 is 0 Å². The van der Waals surface area contributed by atoms with E-state index < -0.39 is 16.3 Å². The number of ether oxygens (including phenoxy) is 1. The second kappa shape index (κ2) is 5.83.